The number of nitrogens with one attached hydrogen (secondary N) is 2. The van der Waals surface area contributed by atoms with Gasteiger partial charge in [0.25, 0.3) is 5.91 Å². The van der Waals surface area contributed by atoms with Crippen LogP contribution in [0, 0.1) is 0 Å². The molecule has 2 heterocycles. The number of ether oxygens (including phenoxy) is 1. The van der Waals surface area contributed by atoms with E-state index in [9.17, 15) is 4.79 Å². The van der Waals surface area contributed by atoms with Gasteiger partial charge in [0.2, 0.25) is 5.88 Å². The molecule has 0 spiro atoms. The first-order chi connectivity index (χ1) is 12.5. The van der Waals surface area contributed by atoms with E-state index in [0.29, 0.717) is 39.8 Å². The molecule has 0 unspecified atom stereocenters. The van der Waals surface area contributed by atoms with Gasteiger partial charge in [0, 0.05) is 43.4 Å². The maximum absolute atomic E-state index is 12.1. The lowest BCUT2D eigenvalue weighted by Gasteiger charge is -2.07. The van der Waals surface area contributed by atoms with E-state index in [-0.39, 0.29) is 5.96 Å². The number of aromatic amines is 1. The maximum Gasteiger partial charge on any atom is 0.274 e. The fourth-order valence-electron chi connectivity index (χ4n) is 2.34. The van der Waals surface area contributed by atoms with E-state index >= 15 is 0 Å². The van der Waals surface area contributed by atoms with E-state index in [1.807, 2.05) is 6.07 Å². The monoisotopic (exact) mass is 372 g/mol. The number of nitrogens with two attached hydrogens (primary N) is 2. The van der Waals surface area contributed by atoms with Crippen LogP contribution in [-0.2, 0) is 6.54 Å². The Bertz CT molecular complexity index is 998. The molecule has 0 bridgehead atoms. The summed E-state index contributed by atoms with van der Waals surface area (Å²) in [7, 11) is 1.48. The minimum Gasteiger partial charge on any atom is -0.439 e. The molecule has 0 atom stereocenters. The van der Waals surface area contributed by atoms with Crippen molar-refractivity contribution in [3.63, 3.8) is 0 Å². The predicted molar refractivity (Wildman–Crippen MR) is 101 cm³/mol. The number of amides is 1. The fourth-order valence-corrected chi connectivity index (χ4v) is 2.61. The number of benzene rings is 1. The van der Waals surface area contributed by atoms with E-state index in [0.717, 1.165) is 5.56 Å². The van der Waals surface area contributed by atoms with Crippen LogP contribution in [-0.4, -0.2) is 28.9 Å². The van der Waals surface area contributed by atoms with Crippen molar-refractivity contribution in [3.05, 3.63) is 52.8 Å². The van der Waals surface area contributed by atoms with Crippen molar-refractivity contribution in [1.29, 1.82) is 0 Å². The zero-order valence-electron chi connectivity index (χ0n) is 13.9. The molecular formula is C17H17ClN6O2. The van der Waals surface area contributed by atoms with Crippen molar-refractivity contribution in [2.45, 2.75) is 6.54 Å². The second-order valence-corrected chi connectivity index (χ2v) is 5.83. The predicted octanol–water partition coefficient (Wildman–Crippen LogP) is 2.14. The summed E-state index contributed by atoms with van der Waals surface area (Å²) in [5, 5.41) is 3.57. The number of aliphatic imine (C=N–C) groups is 1. The lowest BCUT2D eigenvalue weighted by Crippen LogP contribution is -2.36. The number of pyridine rings is 1. The highest BCUT2D eigenvalue weighted by molar-refractivity contribution is 6.35. The quantitative estimate of drug-likeness (QED) is 0.411. The third kappa shape index (κ3) is 3.76. The maximum atomic E-state index is 12.1. The van der Waals surface area contributed by atoms with Gasteiger partial charge >= 0.3 is 0 Å². The van der Waals surface area contributed by atoms with Crippen molar-refractivity contribution in [2.75, 3.05) is 7.05 Å². The standard InChI is InChI=1S/C17H17ClN6O2/c1-21-17(20)24-16(25)14-7-11-12(18)5-10(6-13(11)23-14)26-15-4-9(8-19)2-3-22-15/h2-7,23H,8,19H2,1H3,(H3,20,21,24,25). The molecule has 0 saturated heterocycles. The summed E-state index contributed by atoms with van der Waals surface area (Å²) in [4.78, 5) is 23.0. The summed E-state index contributed by atoms with van der Waals surface area (Å²) in [5.41, 5.74) is 13.0. The van der Waals surface area contributed by atoms with Gasteiger partial charge in [-0.15, -0.1) is 0 Å². The number of aromatic nitrogens is 2. The van der Waals surface area contributed by atoms with E-state index in [2.05, 4.69) is 20.3 Å². The van der Waals surface area contributed by atoms with Crippen LogP contribution >= 0.6 is 11.6 Å². The van der Waals surface area contributed by atoms with Gasteiger partial charge < -0.3 is 21.2 Å². The van der Waals surface area contributed by atoms with Crippen LogP contribution < -0.4 is 21.5 Å². The zero-order chi connectivity index (χ0) is 18.7. The molecule has 3 aromatic rings. The molecule has 1 amide bonds. The number of rotatable bonds is 4. The fraction of sp³-hybridized carbons (Fsp3) is 0.118. The van der Waals surface area contributed by atoms with Gasteiger partial charge in [-0.2, -0.15) is 0 Å². The number of H-pyrrole nitrogens is 1. The van der Waals surface area contributed by atoms with Crippen LogP contribution in [0.2, 0.25) is 5.02 Å². The van der Waals surface area contributed by atoms with Gasteiger partial charge in [-0.1, -0.05) is 11.6 Å². The summed E-state index contributed by atoms with van der Waals surface area (Å²) >= 11 is 6.32. The smallest absolute Gasteiger partial charge is 0.274 e. The Morgan fingerprint density at radius 2 is 2.19 bits per heavy atom. The van der Waals surface area contributed by atoms with Crippen molar-refractivity contribution in [1.82, 2.24) is 15.3 Å². The highest BCUT2D eigenvalue weighted by atomic mass is 35.5. The van der Waals surface area contributed by atoms with Crippen LogP contribution in [0.4, 0.5) is 0 Å². The molecule has 9 heteroatoms. The third-order valence-corrected chi connectivity index (χ3v) is 3.96. The molecule has 2 aromatic heterocycles. The van der Waals surface area contributed by atoms with Gasteiger partial charge in [0.15, 0.2) is 5.96 Å². The van der Waals surface area contributed by atoms with Gasteiger partial charge in [-0.05, 0) is 17.7 Å². The normalized spacial score (nSPS) is 11.6. The summed E-state index contributed by atoms with van der Waals surface area (Å²) in [6.45, 7) is 0.387. The molecule has 0 aliphatic heterocycles. The topological polar surface area (TPSA) is 131 Å². The van der Waals surface area contributed by atoms with Crippen LogP contribution in [0.15, 0.2) is 41.5 Å². The van der Waals surface area contributed by atoms with E-state index in [1.165, 1.54) is 7.05 Å². The number of hydrogen-bond acceptors (Lipinski definition) is 5. The molecule has 26 heavy (non-hydrogen) atoms. The Labute approximate surface area is 154 Å². The number of carbonyl (C=O) groups is 1. The Morgan fingerprint density at radius 1 is 1.38 bits per heavy atom. The number of nitrogens with zero attached hydrogens (tertiary/aromatic N) is 2. The number of guanidine groups is 1. The van der Waals surface area contributed by atoms with Gasteiger partial charge in [0.1, 0.15) is 11.4 Å². The van der Waals surface area contributed by atoms with Crippen LogP contribution in [0.5, 0.6) is 11.6 Å². The molecule has 134 valence electrons. The van der Waals surface area contributed by atoms with Crippen LogP contribution in [0.25, 0.3) is 10.9 Å². The van der Waals surface area contributed by atoms with Gasteiger partial charge in [0.05, 0.1) is 10.5 Å². The lowest BCUT2D eigenvalue weighted by atomic mass is 10.2. The van der Waals surface area contributed by atoms with Crippen molar-refractivity contribution >= 4 is 34.4 Å². The number of halogens is 1. The zero-order valence-corrected chi connectivity index (χ0v) is 14.7. The molecule has 0 fully saturated rings. The van der Waals surface area contributed by atoms with Gasteiger partial charge in [-0.25, -0.2) is 4.98 Å². The van der Waals surface area contributed by atoms with Crippen molar-refractivity contribution < 1.29 is 9.53 Å². The third-order valence-electron chi connectivity index (χ3n) is 3.65. The van der Waals surface area contributed by atoms with Gasteiger partial charge in [-0.3, -0.25) is 15.1 Å². The first-order valence-electron chi connectivity index (χ1n) is 7.69. The first-order valence-corrected chi connectivity index (χ1v) is 8.06. The molecule has 0 saturated carbocycles. The Morgan fingerprint density at radius 3 is 2.92 bits per heavy atom. The second-order valence-electron chi connectivity index (χ2n) is 5.42. The highest BCUT2D eigenvalue weighted by Crippen LogP contribution is 2.31. The number of carbonyl (C=O) groups excluding carboxylic acids is 1. The average molecular weight is 373 g/mol. The Balaban J connectivity index is 1.90. The molecular weight excluding hydrogens is 356 g/mol. The number of hydrogen-bond donors (Lipinski definition) is 4. The summed E-state index contributed by atoms with van der Waals surface area (Å²) in [6.07, 6.45) is 1.62. The van der Waals surface area contributed by atoms with Crippen LogP contribution in [0.1, 0.15) is 16.1 Å². The van der Waals surface area contributed by atoms with E-state index < -0.39 is 5.91 Å². The van der Waals surface area contributed by atoms with Crippen LogP contribution in [0.3, 0.4) is 0 Å². The number of fused-ring (bicyclic) bond motifs is 1. The molecule has 0 radical (unpaired) electrons. The first kappa shape index (κ1) is 17.7. The van der Waals surface area contributed by atoms with E-state index in [1.54, 1.807) is 30.5 Å². The molecule has 3 rings (SSSR count). The molecule has 6 N–H and O–H groups in total. The lowest BCUT2D eigenvalue weighted by molar-refractivity contribution is 0.0972. The minimum absolute atomic E-state index is 0.0228. The van der Waals surface area contributed by atoms with Crippen molar-refractivity contribution in [2.24, 2.45) is 16.5 Å². The summed E-state index contributed by atoms with van der Waals surface area (Å²) < 4.78 is 5.75. The summed E-state index contributed by atoms with van der Waals surface area (Å²) in [6, 6.07) is 8.57. The molecule has 0 aliphatic carbocycles. The minimum atomic E-state index is -0.417. The SMILES string of the molecule is CN=C(N)NC(=O)c1cc2c(Cl)cc(Oc3cc(CN)ccn3)cc2[nH]1. The molecule has 0 aliphatic rings. The molecule has 8 nitrogen and oxygen atoms in total. The second kappa shape index (κ2) is 7.42. The highest BCUT2D eigenvalue weighted by Gasteiger charge is 2.14. The van der Waals surface area contributed by atoms with E-state index in [4.69, 9.17) is 27.8 Å². The summed E-state index contributed by atoms with van der Waals surface area (Å²) in [5.74, 6) is 0.488. The average Bonchev–Trinajstić information content (AvgIpc) is 3.06. The van der Waals surface area contributed by atoms with Crippen molar-refractivity contribution in [3.8, 4) is 11.6 Å². The largest absolute Gasteiger partial charge is 0.439 e. The Kier molecular flexibility index (Phi) is 5.06. The molecule has 1 aromatic carbocycles. The Hall–Kier alpha value is -3.10.